The van der Waals surface area contributed by atoms with Crippen LogP contribution in [-0.4, -0.2) is 37.7 Å². The normalized spacial score (nSPS) is 13.5. The van der Waals surface area contributed by atoms with Crippen LogP contribution in [0.2, 0.25) is 0 Å². The zero-order valence-electron chi connectivity index (χ0n) is 15.8. The molecular formula is C18H27ClN2O5. The fourth-order valence-corrected chi connectivity index (χ4v) is 2.52. The highest BCUT2D eigenvalue weighted by atomic mass is 35.5. The van der Waals surface area contributed by atoms with Gasteiger partial charge in [0, 0.05) is 13.0 Å². The minimum atomic E-state index is -1.31. The first-order valence-corrected chi connectivity index (χ1v) is 8.77. The smallest absolute Gasteiger partial charge is 0.426 e. The van der Waals surface area contributed by atoms with Crippen LogP contribution in [0.4, 0.5) is 4.79 Å². The monoisotopic (exact) mass is 386 g/mol. The third-order valence-electron chi connectivity index (χ3n) is 3.61. The van der Waals surface area contributed by atoms with Crippen molar-refractivity contribution >= 4 is 23.6 Å². The molecule has 1 aromatic carbocycles. The zero-order valence-corrected chi connectivity index (χ0v) is 16.6. The molecule has 1 aromatic rings. The highest BCUT2D eigenvalue weighted by Crippen LogP contribution is 2.32. The fraction of sp³-hybridized carbons (Fsp3) is 0.556. The molecule has 0 spiro atoms. The van der Waals surface area contributed by atoms with Crippen LogP contribution in [0.3, 0.4) is 0 Å². The lowest BCUT2D eigenvalue weighted by atomic mass is 9.88. The van der Waals surface area contributed by atoms with E-state index in [9.17, 15) is 9.59 Å². The van der Waals surface area contributed by atoms with Gasteiger partial charge < -0.3 is 14.2 Å². The van der Waals surface area contributed by atoms with Gasteiger partial charge in [-0.25, -0.2) is 10.2 Å². The average Bonchev–Trinajstić information content (AvgIpc) is 2.60. The number of benzene rings is 1. The largest absolute Gasteiger partial charge is 0.497 e. The molecule has 146 valence electrons. The van der Waals surface area contributed by atoms with Gasteiger partial charge in [0.05, 0.1) is 7.11 Å². The minimum Gasteiger partial charge on any atom is -0.497 e. The zero-order chi connectivity index (χ0) is 19.8. The summed E-state index contributed by atoms with van der Waals surface area (Å²) in [6, 6.07) is 6.95. The van der Waals surface area contributed by atoms with Crippen molar-refractivity contribution in [3.63, 3.8) is 0 Å². The first-order valence-electron chi connectivity index (χ1n) is 8.23. The average molecular weight is 387 g/mol. The molecule has 0 aromatic heterocycles. The highest BCUT2D eigenvalue weighted by molar-refractivity contribution is 6.17. The Kier molecular flexibility index (Phi) is 8.17. The van der Waals surface area contributed by atoms with E-state index in [1.54, 1.807) is 52.1 Å². The number of methoxy groups -OCH3 is 2. The summed E-state index contributed by atoms with van der Waals surface area (Å²) in [5, 5.41) is 0. The molecule has 0 aliphatic heterocycles. The number of carbonyl (C=O) groups is 2. The first-order chi connectivity index (χ1) is 12.2. The van der Waals surface area contributed by atoms with E-state index in [0.29, 0.717) is 30.0 Å². The van der Waals surface area contributed by atoms with Crippen molar-refractivity contribution in [2.45, 2.75) is 44.8 Å². The molecule has 1 unspecified atom stereocenters. The van der Waals surface area contributed by atoms with Crippen molar-refractivity contribution in [1.29, 1.82) is 0 Å². The van der Waals surface area contributed by atoms with Crippen molar-refractivity contribution in [2.24, 2.45) is 0 Å². The van der Waals surface area contributed by atoms with Gasteiger partial charge in [-0.15, -0.1) is 11.6 Å². The van der Waals surface area contributed by atoms with Gasteiger partial charge in [0.1, 0.15) is 11.4 Å². The summed E-state index contributed by atoms with van der Waals surface area (Å²) >= 11 is 5.81. The standard InChI is InChI=1S/C18H27ClN2O5/c1-17(2,3)26-16(23)21-20-15(22)18(25-5,11-6-12-19)13-7-9-14(24-4)10-8-13/h7-10H,6,11-12H2,1-5H3,(H,20,22)(H,21,23). The predicted octanol–water partition coefficient (Wildman–Crippen LogP) is 3.11. The molecule has 1 rings (SSSR count). The van der Waals surface area contributed by atoms with Gasteiger partial charge in [0.2, 0.25) is 0 Å². The van der Waals surface area contributed by atoms with E-state index >= 15 is 0 Å². The van der Waals surface area contributed by atoms with E-state index in [1.807, 2.05) is 0 Å². The van der Waals surface area contributed by atoms with Crippen LogP contribution >= 0.6 is 11.6 Å². The maximum atomic E-state index is 12.8. The molecule has 0 aliphatic carbocycles. The number of halogens is 1. The number of rotatable bonds is 7. The van der Waals surface area contributed by atoms with Crippen LogP contribution in [0.5, 0.6) is 5.75 Å². The lowest BCUT2D eigenvalue weighted by Gasteiger charge is -2.31. The molecule has 1 atom stereocenters. The summed E-state index contributed by atoms with van der Waals surface area (Å²) in [7, 11) is 3.00. The SMILES string of the molecule is COc1ccc(C(CCCCl)(OC)C(=O)NNC(=O)OC(C)(C)C)cc1. The summed E-state index contributed by atoms with van der Waals surface area (Å²) < 4.78 is 15.8. The van der Waals surface area contributed by atoms with E-state index in [0.717, 1.165) is 0 Å². The van der Waals surface area contributed by atoms with Crippen molar-refractivity contribution in [1.82, 2.24) is 10.9 Å². The van der Waals surface area contributed by atoms with E-state index in [-0.39, 0.29) is 0 Å². The van der Waals surface area contributed by atoms with Gasteiger partial charge in [-0.2, -0.15) is 0 Å². The predicted molar refractivity (Wildman–Crippen MR) is 99.1 cm³/mol. The number of ether oxygens (including phenoxy) is 3. The summed E-state index contributed by atoms with van der Waals surface area (Å²) in [4.78, 5) is 24.6. The van der Waals surface area contributed by atoms with Crippen LogP contribution in [0.1, 0.15) is 39.2 Å². The number of hydrogen-bond donors (Lipinski definition) is 2. The van der Waals surface area contributed by atoms with Gasteiger partial charge in [0.15, 0.2) is 5.60 Å². The van der Waals surface area contributed by atoms with E-state index < -0.39 is 23.2 Å². The topological polar surface area (TPSA) is 85.9 Å². The maximum absolute atomic E-state index is 12.8. The Morgan fingerprint density at radius 2 is 1.69 bits per heavy atom. The Morgan fingerprint density at radius 1 is 1.08 bits per heavy atom. The van der Waals surface area contributed by atoms with Crippen LogP contribution in [0, 0.1) is 0 Å². The molecule has 26 heavy (non-hydrogen) atoms. The summed E-state index contributed by atoms with van der Waals surface area (Å²) in [6.45, 7) is 5.18. The molecule has 0 saturated carbocycles. The Morgan fingerprint density at radius 3 is 2.15 bits per heavy atom. The number of alkyl halides is 1. The third kappa shape index (κ3) is 6.07. The van der Waals surface area contributed by atoms with E-state index in [4.69, 9.17) is 25.8 Å². The lowest BCUT2D eigenvalue weighted by molar-refractivity contribution is -0.147. The van der Waals surface area contributed by atoms with Crippen LogP contribution < -0.4 is 15.6 Å². The van der Waals surface area contributed by atoms with Crippen LogP contribution in [0.25, 0.3) is 0 Å². The summed E-state index contributed by atoms with van der Waals surface area (Å²) in [5.41, 5.74) is 3.25. The second-order valence-corrected chi connectivity index (χ2v) is 7.01. The van der Waals surface area contributed by atoms with Crippen molar-refractivity contribution < 1.29 is 23.8 Å². The number of nitrogens with one attached hydrogen (secondary N) is 2. The fourth-order valence-electron chi connectivity index (χ4n) is 2.39. The maximum Gasteiger partial charge on any atom is 0.426 e. The first kappa shape index (κ1) is 22.1. The summed E-state index contributed by atoms with van der Waals surface area (Å²) in [5.74, 6) is 0.498. The Bertz CT molecular complexity index is 601. The second-order valence-electron chi connectivity index (χ2n) is 6.63. The number of hydrogen-bond acceptors (Lipinski definition) is 5. The van der Waals surface area contributed by atoms with Gasteiger partial charge >= 0.3 is 6.09 Å². The van der Waals surface area contributed by atoms with E-state index in [1.165, 1.54) is 7.11 Å². The van der Waals surface area contributed by atoms with Crippen molar-refractivity contribution in [3.05, 3.63) is 29.8 Å². The van der Waals surface area contributed by atoms with Gasteiger partial charge in [0.25, 0.3) is 5.91 Å². The number of amides is 2. The molecule has 2 amide bonds. The van der Waals surface area contributed by atoms with Crippen molar-refractivity contribution in [3.8, 4) is 5.75 Å². The molecule has 0 aliphatic rings. The van der Waals surface area contributed by atoms with Gasteiger partial charge in [-0.3, -0.25) is 10.2 Å². The minimum absolute atomic E-state index is 0.334. The molecule has 0 heterocycles. The molecule has 8 heteroatoms. The molecule has 0 fully saturated rings. The summed E-state index contributed by atoms with van der Waals surface area (Å²) in [6.07, 6.45) is 0.116. The Balaban J connectivity index is 2.99. The third-order valence-corrected chi connectivity index (χ3v) is 3.88. The number of carbonyl (C=O) groups excluding carboxylic acids is 2. The molecule has 0 saturated heterocycles. The molecule has 2 N–H and O–H groups in total. The van der Waals surface area contributed by atoms with Crippen molar-refractivity contribution in [2.75, 3.05) is 20.1 Å². The van der Waals surface area contributed by atoms with Crippen LogP contribution in [0.15, 0.2) is 24.3 Å². The molecule has 7 nitrogen and oxygen atoms in total. The van der Waals surface area contributed by atoms with Gasteiger partial charge in [-0.05, 0) is 51.3 Å². The number of hydrazine groups is 1. The molecular weight excluding hydrogens is 360 g/mol. The Hall–Kier alpha value is -1.99. The van der Waals surface area contributed by atoms with E-state index in [2.05, 4.69) is 10.9 Å². The molecule has 0 radical (unpaired) electrons. The second kappa shape index (κ2) is 9.64. The van der Waals surface area contributed by atoms with Gasteiger partial charge in [-0.1, -0.05) is 12.1 Å². The quantitative estimate of drug-likeness (QED) is 0.555. The Labute approximate surface area is 159 Å². The molecule has 0 bridgehead atoms. The van der Waals surface area contributed by atoms with Crippen LogP contribution in [-0.2, 0) is 19.9 Å². The lowest BCUT2D eigenvalue weighted by Crippen LogP contribution is -2.53. The highest BCUT2D eigenvalue weighted by Gasteiger charge is 2.40.